The van der Waals surface area contributed by atoms with Crippen molar-refractivity contribution in [2.24, 2.45) is 0 Å². The van der Waals surface area contributed by atoms with Crippen molar-refractivity contribution in [2.75, 3.05) is 5.01 Å². The molecule has 1 unspecified atom stereocenters. The zero-order valence-corrected chi connectivity index (χ0v) is 32.2. The fourth-order valence-corrected chi connectivity index (χ4v) is 6.30. The molecule has 1 aliphatic heterocycles. The van der Waals surface area contributed by atoms with Gasteiger partial charge in [0.05, 0.1) is 17.4 Å². The van der Waals surface area contributed by atoms with Crippen LogP contribution in [0.4, 0.5) is 5.69 Å². The second-order valence-electron chi connectivity index (χ2n) is 18.1. The molecule has 0 amide bonds. The fraction of sp³-hybridized carbons (Fsp3) is 0.370. The molecule has 0 spiro atoms. The summed E-state index contributed by atoms with van der Waals surface area (Å²) in [5.74, 6) is 0.630. The standard InChI is InChI=1S/C46H55N3O/c1-43(2,3)33-23-30(24-34(27-33)44(4,5)6)17-20-37-29-40(32-25-35(45(7,8)9)28-36(26-32)46(10,11)12)49(48-37)38-21-18-31(19-22-38)42-47-39-15-13-14-16-41(39)50-42/h13-29,40,48H,1-12H3. The number of nitrogens with zero attached hydrogens (tertiary/aromatic N) is 2. The molecule has 4 aromatic carbocycles. The summed E-state index contributed by atoms with van der Waals surface area (Å²) in [7, 11) is 0. The molecule has 50 heavy (non-hydrogen) atoms. The molecule has 1 atom stereocenters. The lowest BCUT2D eigenvalue weighted by molar-refractivity contribution is 0.564. The lowest BCUT2D eigenvalue weighted by Crippen LogP contribution is -2.34. The van der Waals surface area contributed by atoms with Gasteiger partial charge in [0.1, 0.15) is 5.52 Å². The van der Waals surface area contributed by atoms with Gasteiger partial charge in [0.2, 0.25) is 5.89 Å². The summed E-state index contributed by atoms with van der Waals surface area (Å²) in [5.41, 5.74) is 16.6. The van der Waals surface area contributed by atoms with E-state index in [9.17, 15) is 0 Å². The van der Waals surface area contributed by atoms with Gasteiger partial charge in [-0.15, -0.1) is 0 Å². The van der Waals surface area contributed by atoms with Gasteiger partial charge in [0.25, 0.3) is 0 Å². The molecule has 2 heterocycles. The smallest absolute Gasteiger partial charge is 0.227 e. The molecular weight excluding hydrogens is 611 g/mol. The highest BCUT2D eigenvalue weighted by Gasteiger charge is 2.29. The van der Waals surface area contributed by atoms with Crippen LogP contribution in [0, 0.1) is 0 Å². The van der Waals surface area contributed by atoms with Crippen LogP contribution in [0.3, 0.4) is 0 Å². The zero-order valence-electron chi connectivity index (χ0n) is 32.2. The molecule has 0 aliphatic carbocycles. The maximum absolute atomic E-state index is 6.09. The first-order chi connectivity index (χ1) is 23.3. The minimum absolute atomic E-state index is 0.0146. The first-order valence-electron chi connectivity index (χ1n) is 18.0. The molecule has 1 N–H and O–H groups in total. The molecule has 1 aliphatic rings. The number of benzene rings is 4. The number of nitrogens with one attached hydrogen (secondary N) is 1. The number of hydrogen-bond donors (Lipinski definition) is 1. The second kappa shape index (κ2) is 12.6. The summed E-state index contributed by atoms with van der Waals surface area (Å²) in [6.45, 7) is 27.6. The molecular formula is C46H55N3O. The first kappa shape index (κ1) is 35.3. The monoisotopic (exact) mass is 665 g/mol. The molecule has 0 radical (unpaired) electrons. The van der Waals surface area contributed by atoms with E-state index in [0.717, 1.165) is 28.0 Å². The third-order valence-corrected chi connectivity index (χ3v) is 9.72. The van der Waals surface area contributed by atoms with Crippen LogP contribution in [0.25, 0.3) is 28.6 Å². The Kier molecular flexibility index (Phi) is 8.91. The first-order valence-corrected chi connectivity index (χ1v) is 18.0. The predicted octanol–water partition coefficient (Wildman–Crippen LogP) is 12.3. The van der Waals surface area contributed by atoms with E-state index in [0.29, 0.717) is 5.89 Å². The maximum atomic E-state index is 6.09. The number of hydrogen-bond acceptors (Lipinski definition) is 4. The largest absolute Gasteiger partial charge is 0.436 e. The van der Waals surface area contributed by atoms with Crippen molar-refractivity contribution >= 4 is 22.9 Å². The van der Waals surface area contributed by atoms with E-state index >= 15 is 0 Å². The highest BCUT2D eigenvalue weighted by molar-refractivity contribution is 5.76. The van der Waals surface area contributed by atoms with E-state index in [1.165, 1.54) is 33.4 Å². The molecule has 0 saturated heterocycles. The van der Waals surface area contributed by atoms with Gasteiger partial charge in [-0.1, -0.05) is 138 Å². The van der Waals surface area contributed by atoms with Gasteiger partial charge in [0.15, 0.2) is 5.58 Å². The lowest BCUT2D eigenvalue weighted by atomic mass is 9.79. The Bertz CT molecular complexity index is 1970. The molecule has 4 nitrogen and oxygen atoms in total. The van der Waals surface area contributed by atoms with Crippen molar-refractivity contribution in [2.45, 2.75) is 111 Å². The van der Waals surface area contributed by atoms with Crippen molar-refractivity contribution in [3.8, 4) is 11.5 Å². The van der Waals surface area contributed by atoms with Crippen LogP contribution in [-0.4, -0.2) is 4.98 Å². The summed E-state index contributed by atoms with van der Waals surface area (Å²) < 4.78 is 6.09. The summed E-state index contributed by atoms with van der Waals surface area (Å²) in [6, 6.07) is 30.6. The SMILES string of the molecule is CC(C)(C)c1cc(C=CC2=CC(c3cc(C(C)(C)C)cc(C(C)(C)C)c3)N(c3ccc(-c4nc5ccccc5o4)cc3)N2)cc(C(C)(C)C)c1. The van der Waals surface area contributed by atoms with Gasteiger partial charge < -0.3 is 4.42 Å². The van der Waals surface area contributed by atoms with Crippen LogP contribution < -0.4 is 10.4 Å². The summed E-state index contributed by atoms with van der Waals surface area (Å²) in [6.07, 6.45) is 6.84. The Morgan fingerprint density at radius 3 is 1.66 bits per heavy atom. The molecule has 0 bridgehead atoms. The predicted molar refractivity (Wildman–Crippen MR) is 213 cm³/mol. The molecule has 4 heteroatoms. The van der Waals surface area contributed by atoms with E-state index in [1.54, 1.807) is 0 Å². The van der Waals surface area contributed by atoms with E-state index in [2.05, 4.69) is 172 Å². The highest BCUT2D eigenvalue weighted by Crippen LogP contribution is 2.39. The molecule has 1 aromatic heterocycles. The number of aromatic nitrogens is 1. The van der Waals surface area contributed by atoms with Crippen LogP contribution in [0.15, 0.2) is 107 Å². The van der Waals surface area contributed by atoms with Crippen molar-refractivity contribution in [3.63, 3.8) is 0 Å². The van der Waals surface area contributed by atoms with Gasteiger partial charge in [-0.25, -0.2) is 4.98 Å². The summed E-state index contributed by atoms with van der Waals surface area (Å²) in [4.78, 5) is 4.73. The molecule has 0 saturated carbocycles. The molecule has 5 aromatic rings. The number of rotatable bonds is 5. The van der Waals surface area contributed by atoms with Gasteiger partial charge >= 0.3 is 0 Å². The number of allylic oxidation sites excluding steroid dienone is 1. The molecule has 6 rings (SSSR count). The van der Waals surface area contributed by atoms with E-state index in [-0.39, 0.29) is 27.7 Å². The highest BCUT2D eigenvalue weighted by atomic mass is 16.3. The average Bonchev–Trinajstić information content (AvgIpc) is 3.67. The van der Waals surface area contributed by atoms with Crippen molar-refractivity contribution in [1.29, 1.82) is 0 Å². The quantitative estimate of drug-likeness (QED) is 0.203. The second-order valence-corrected chi connectivity index (χ2v) is 18.1. The average molecular weight is 666 g/mol. The Balaban J connectivity index is 1.41. The van der Waals surface area contributed by atoms with Crippen LogP contribution in [-0.2, 0) is 21.7 Å². The van der Waals surface area contributed by atoms with Gasteiger partial charge in [0, 0.05) is 5.56 Å². The number of anilines is 1. The minimum Gasteiger partial charge on any atom is -0.436 e. The van der Waals surface area contributed by atoms with E-state index < -0.39 is 0 Å². The van der Waals surface area contributed by atoms with Crippen LogP contribution in [0.2, 0.25) is 0 Å². The normalized spacial score (nSPS) is 16.0. The Hall–Kier alpha value is -4.57. The number of fused-ring (bicyclic) bond motifs is 1. The van der Waals surface area contributed by atoms with Gasteiger partial charge in [-0.2, -0.15) is 0 Å². The number of oxazole rings is 1. The number of hydrazine groups is 1. The van der Waals surface area contributed by atoms with E-state index in [4.69, 9.17) is 9.40 Å². The molecule has 260 valence electrons. The zero-order chi connectivity index (χ0) is 36.2. The van der Waals surface area contributed by atoms with E-state index in [1.807, 2.05) is 24.3 Å². The molecule has 0 fully saturated rings. The summed E-state index contributed by atoms with van der Waals surface area (Å²) >= 11 is 0. The van der Waals surface area contributed by atoms with Crippen LogP contribution >= 0.6 is 0 Å². The van der Waals surface area contributed by atoms with Crippen molar-refractivity contribution in [1.82, 2.24) is 10.4 Å². The van der Waals surface area contributed by atoms with Crippen LogP contribution in [0.5, 0.6) is 0 Å². The fourth-order valence-electron chi connectivity index (χ4n) is 6.30. The minimum atomic E-state index is -0.0146. The third kappa shape index (κ3) is 7.60. The van der Waals surface area contributed by atoms with Crippen molar-refractivity contribution < 1.29 is 4.42 Å². The summed E-state index contributed by atoms with van der Waals surface area (Å²) in [5, 5.41) is 2.29. The van der Waals surface area contributed by atoms with Gasteiger partial charge in [-0.3, -0.25) is 10.4 Å². The lowest BCUT2D eigenvalue weighted by Gasteiger charge is -2.31. The Labute approximate surface area is 300 Å². The van der Waals surface area contributed by atoms with Crippen LogP contribution in [0.1, 0.15) is 123 Å². The third-order valence-electron chi connectivity index (χ3n) is 9.72. The number of para-hydroxylation sites is 2. The Morgan fingerprint density at radius 1 is 0.620 bits per heavy atom. The topological polar surface area (TPSA) is 41.3 Å². The maximum Gasteiger partial charge on any atom is 0.227 e. The van der Waals surface area contributed by atoms with Crippen molar-refractivity contribution in [3.05, 3.63) is 136 Å². The van der Waals surface area contributed by atoms with Gasteiger partial charge in [-0.05, 0) is 104 Å². The Morgan fingerprint density at radius 2 is 1.14 bits per heavy atom.